The Balaban J connectivity index is 1.77. The minimum atomic E-state index is -0.587. The summed E-state index contributed by atoms with van der Waals surface area (Å²) in [7, 11) is 1.80. The van der Waals surface area contributed by atoms with Gasteiger partial charge in [-0.1, -0.05) is 6.42 Å². The van der Waals surface area contributed by atoms with Crippen LogP contribution >= 0.6 is 0 Å². The molecule has 1 heterocycles. The van der Waals surface area contributed by atoms with Gasteiger partial charge < -0.3 is 20.5 Å². The van der Waals surface area contributed by atoms with Gasteiger partial charge in [-0.3, -0.25) is 0 Å². The molecule has 0 spiro atoms. The number of piperidine rings is 1. The van der Waals surface area contributed by atoms with Crippen LogP contribution in [-0.2, 0) is 4.74 Å². The van der Waals surface area contributed by atoms with Crippen molar-refractivity contribution < 1.29 is 9.84 Å². The predicted molar refractivity (Wildman–Crippen MR) is 72.4 cm³/mol. The molecular weight excluding hydrogens is 228 g/mol. The number of ether oxygens (including phenoxy) is 1. The molecule has 106 valence electrons. The van der Waals surface area contributed by atoms with Gasteiger partial charge in [-0.2, -0.15) is 0 Å². The van der Waals surface area contributed by atoms with Gasteiger partial charge in [-0.15, -0.1) is 0 Å². The minimum absolute atomic E-state index is 0.394. The van der Waals surface area contributed by atoms with Gasteiger partial charge in [0.05, 0.1) is 11.7 Å². The van der Waals surface area contributed by atoms with Gasteiger partial charge in [-0.05, 0) is 51.1 Å². The van der Waals surface area contributed by atoms with Crippen LogP contribution in [0.3, 0.4) is 0 Å². The molecule has 4 nitrogen and oxygen atoms in total. The fourth-order valence-corrected chi connectivity index (χ4v) is 3.56. The number of likely N-dealkylation sites (tertiary alicyclic amines) is 1. The summed E-state index contributed by atoms with van der Waals surface area (Å²) in [5, 5.41) is 10.4. The van der Waals surface area contributed by atoms with E-state index >= 15 is 0 Å². The predicted octanol–water partition coefficient (Wildman–Crippen LogP) is 0.977. The van der Waals surface area contributed by atoms with Crippen molar-refractivity contribution in [1.82, 2.24) is 4.90 Å². The molecule has 1 aliphatic carbocycles. The zero-order valence-corrected chi connectivity index (χ0v) is 11.6. The third kappa shape index (κ3) is 3.23. The lowest BCUT2D eigenvalue weighted by Crippen LogP contribution is -2.44. The van der Waals surface area contributed by atoms with Crippen LogP contribution in [-0.4, -0.2) is 55.0 Å². The summed E-state index contributed by atoms with van der Waals surface area (Å²) in [5.74, 6) is 0.394. The van der Waals surface area contributed by atoms with E-state index in [1.165, 1.54) is 19.4 Å². The third-order valence-electron chi connectivity index (χ3n) is 4.87. The number of nitrogens with two attached hydrogens (primary N) is 1. The Labute approximate surface area is 110 Å². The summed E-state index contributed by atoms with van der Waals surface area (Å²) in [6.45, 7) is 3.71. The number of methoxy groups -OCH3 is 1. The minimum Gasteiger partial charge on any atom is -0.388 e. The second-order valence-electron chi connectivity index (χ2n) is 5.99. The molecule has 0 amide bonds. The first-order chi connectivity index (χ1) is 8.68. The molecule has 1 aliphatic heterocycles. The maximum absolute atomic E-state index is 10.4. The fourth-order valence-electron chi connectivity index (χ4n) is 3.56. The molecule has 0 aromatic carbocycles. The molecule has 0 bridgehead atoms. The van der Waals surface area contributed by atoms with Gasteiger partial charge in [0.25, 0.3) is 0 Å². The lowest BCUT2D eigenvalue weighted by Gasteiger charge is -2.34. The molecular formula is C14H28N2O2. The van der Waals surface area contributed by atoms with Crippen LogP contribution in [0.1, 0.15) is 38.5 Å². The van der Waals surface area contributed by atoms with E-state index in [4.69, 9.17) is 10.5 Å². The number of hydrogen-bond donors (Lipinski definition) is 2. The van der Waals surface area contributed by atoms with Crippen LogP contribution in [0.4, 0.5) is 0 Å². The largest absolute Gasteiger partial charge is 0.388 e. The monoisotopic (exact) mass is 256 g/mol. The van der Waals surface area contributed by atoms with E-state index in [9.17, 15) is 5.11 Å². The van der Waals surface area contributed by atoms with Crippen LogP contribution in [0.5, 0.6) is 0 Å². The van der Waals surface area contributed by atoms with Crippen molar-refractivity contribution in [3.63, 3.8) is 0 Å². The van der Waals surface area contributed by atoms with Crippen molar-refractivity contribution in [3.8, 4) is 0 Å². The van der Waals surface area contributed by atoms with Crippen molar-refractivity contribution in [2.75, 3.05) is 33.3 Å². The normalized spacial score (nSPS) is 38.2. The first-order valence-electron chi connectivity index (χ1n) is 7.35. The lowest BCUT2D eigenvalue weighted by atomic mass is 9.88. The van der Waals surface area contributed by atoms with Gasteiger partial charge >= 0.3 is 0 Å². The molecule has 2 fully saturated rings. The standard InChI is InChI=1S/C14H28N2O2/c1-18-13-5-3-8-16(10-13)9-6-12-4-2-7-14(12,17)11-15/h12-13,17H,2-11,15H2,1H3. The average Bonchev–Trinajstić information content (AvgIpc) is 2.79. The highest BCUT2D eigenvalue weighted by Gasteiger charge is 2.39. The van der Waals surface area contributed by atoms with E-state index in [1.807, 2.05) is 0 Å². The van der Waals surface area contributed by atoms with E-state index in [1.54, 1.807) is 7.11 Å². The highest BCUT2D eigenvalue weighted by molar-refractivity contribution is 4.93. The zero-order valence-electron chi connectivity index (χ0n) is 11.6. The first kappa shape index (κ1) is 14.3. The van der Waals surface area contributed by atoms with Crippen LogP contribution in [0, 0.1) is 5.92 Å². The summed E-state index contributed by atoms with van der Waals surface area (Å²) >= 11 is 0. The van der Waals surface area contributed by atoms with Crippen molar-refractivity contribution in [2.45, 2.75) is 50.2 Å². The summed E-state index contributed by atoms with van der Waals surface area (Å²) < 4.78 is 5.44. The number of aliphatic hydroxyl groups is 1. The maximum atomic E-state index is 10.4. The summed E-state index contributed by atoms with van der Waals surface area (Å²) in [6.07, 6.45) is 7.02. The Kier molecular flexibility index (Phi) is 5.01. The van der Waals surface area contributed by atoms with E-state index in [0.717, 1.165) is 38.8 Å². The maximum Gasteiger partial charge on any atom is 0.0797 e. The van der Waals surface area contributed by atoms with Gasteiger partial charge in [-0.25, -0.2) is 0 Å². The molecule has 3 N–H and O–H groups in total. The summed E-state index contributed by atoms with van der Waals surface area (Å²) in [5.41, 5.74) is 5.14. The molecule has 3 unspecified atom stereocenters. The third-order valence-corrected chi connectivity index (χ3v) is 4.87. The molecule has 4 heteroatoms. The SMILES string of the molecule is COC1CCCN(CCC2CCCC2(O)CN)C1. The Hall–Kier alpha value is -0.160. The molecule has 2 rings (SSSR count). The Morgan fingerprint density at radius 2 is 2.22 bits per heavy atom. The smallest absolute Gasteiger partial charge is 0.0797 e. The van der Waals surface area contributed by atoms with Crippen molar-refractivity contribution in [2.24, 2.45) is 11.7 Å². The van der Waals surface area contributed by atoms with Gasteiger partial charge in [0, 0.05) is 20.2 Å². The Morgan fingerprint density at radius 1 is 1.39 bits per heavy atom. The van der Waals surface area contributed by atoms with Crippen LogP contribution in [0.15, 0.2) is 0 Å². The number of nitrogens with zero attached hydrogens (tertiary/aromatic N) is 1. The summed E-state index contributed by atoms with van der Waals surface area (Å²) in [6, 6.07) is 0. The molecule has 0 radical (unpaired) electrons. The van der Waals surface area contributed by atoms with Crippen molar-refractivity contribution in [3.05, 3.63) is 0 Å². The number of hydrogen-bond acceptors (Lipinski definition) is 4. The molecule has 1 saturated carbocycles. The van der Waals surface area contributed by atoms with Gasteiger partial charge in [0.15, 0.2) is 0 Å². The van der Waals surface area contributed by atoms with Crippen LogP contribution in [0.2, 0.25) is 0 Å². The van der Waals surface area contributed by atoms with Gasteiger partial charge in [0.2, 0.25) is 0 Å². The van der Waals surface area contributed by atoms with E-state index in [2.05, 4.69) is 4.90 Å². The van der Waals surface area contributed by atoms with Crippen LogP contribution in [0.25, 0.3) is 0 Å². The molecule has 18 heavy (non-hydrogen) atoms. The molecule has 2 aliphatic rings. The quantitative estimate of drug-likeness (QED) is 0.770. The lowest BCUT2D eigenvalue weighted by molar-refractivity contribution is -0.00386. The van der Waals surface area contributed by atoms with E-state index < -0.39 is 5.60 Å². The zero-order chi connectivity index (χ0) is 13.0. The second kappa shape index (κ2) is 6.33. The highest BCUT2D eigenvalue weighted by atomic mass is 16.5. The molecule has 0 aromatic rings. The fraction of sp³-hybridized carbons (Fsp3) is 1.00. The molecule has 0 aromatic heterocycles. The van der Waals surface area contributed by atoms with Crippen molar-refractivity contribution >= 4 is 0 Å². The number of rotatable bonds is 5. The second-order valence-corrected chi connectivity index (χ2v) is 5.99. The molecule has 3 atom stereocenters. The van der Waals surface area contributed by atoms with E-state index in [0.29, 0.717) is 18.6 Å². The van der Waals surface area contributed by atoms with Gasteiger partial charge in [0.1, 0.15) is 0 Å². The first-order valence-corrected chi connectivity index (χ1v) is 7.35. The molecule has 1 saturated heterocycles. The highest BCUT2D eigenvalue weighted by Crippen LogP contribution is 2.37. The Bertz CT molecular complexity index is 262. The van der Waals surface area contributed by atoms with E-state index in [-0.39, 0.29) is 0 Å². The topological polar surface area (TPSA) is 58.7 Å². The van der Waals surface area contributed by atoms with Crippen molar-refractivity contribution in [1.29, 1.82) is 0 Å². The average molecular weight is 256 g/mol. The van der Waals surface area contributed by atoms with Crippen LogP contribution < -0.4 is 5.73 Å². The summed E-state index contributed by atoms with van der Waals surface area (Å²) in [4.78, 5) is 2.48. The Morgan fingerprint density at radius 3 is 2.94 bits per heavy atom.